The standard InChI is InChI=1S/C20H21Cl2FN2O3/c21-15-3-6-17(22)19(11-15)28-13-20(26)24-12-18(25-7-9-27-10-8-25)14-1-4-16(23)5-2-14/h1-6,11,18H,7-10,12-13H2,(H,24,26). The van der Waals surface area contributed by atoms with Crippen molar-refractivity contribution in [2.45, 2.75) is 6.04 Å². The number of halogens is 3. The number of rotatable bonds is 7. The van der Waals surface area contributed by atoms with Gasteiger partial charge in [0.05, 0.1) is 24.3 Å². The molecule has 1 aliphatic heterocycles. The molecule has 1 N–H and O–H groups in total. The van der Waals surface area contributed by atoms with Crippen LogP contribution in [0.3, 0.4) is 0 Å². The molecule has 2 aromatic carbocycles. The van der Waals surface area contributed by atoms with Crippen molar-refractivity contribution in [3.63, 3.8) is 0 Å². The zero-order valence-electron chi connectivity index (χ0n) is 15.2. The summed E-state index contributed by atoms with van der Waals surface area (Å²) >= 11 is 12.0. The molecular formula is C20H21Cl2FN2O3. The van der Waals surface area contributed by atoms with E-state index in [0.717, 1.165) is 18.7 Å². The number of amides is 1. The Bertz CT molecular complexity index is 799. The van der Waals surface area contributed by atoms with Gasteiger partial charge in [0.15, 0.2) is 6.61 Å². The molecule has 3 rings (SSSR count). The second kappa shape index (κ2) is 10.1. The summed E-state index contributed by atoms with van der Waals surface area (Å²) in [6.07, 6.45) is 0. The number of nitrogens with one attached hydrogen (secondary N) is 1. The van der Waals surface area contributed by atoms with Crippen molar-refractivity contribution in [3.05, 3.63) is 63.9 Å². The third kappa shape index (κ3) is 5.82. The zero-order valence-corrected chi connectivity index (χ0v) is 16.7. The van der Waals surface area contributed by atoms with E-state index in [1.807, 2.05) is 0 Å². The van der Waals surface area contributed by atoms with Crippen LogP contribution in [0.5, 0.6) is 5.75 Å². The summed E-state index contributed by atoms with van der Waals surface area (Å²) in [4.78, 5) is 14.5. The lowest BCUT2D eigenvalue weighted by Gasteiger charge is -2.35. The maximum absolute atomic E-state index is 13.3. The van der Waals surface area contributed by atoms with Crippen molar-refractivity contribution in [2.24, 2.45) is 0 Å². The fourth-order valence-electron chi connectivity index (χ4n) is 3.02. The normalized spacial score (nSPS) is 15.8. The summed E-state index contributed by atoms with van der Waals surface area (Å²) in [6, 6.07) is 11.1. The van der Waals surface area contributed by atoms with Gasteiger partial charge in [0, 0.05) is 30.7 Å². The van der Waals surface area contributed by atoms with Crippen LogP contribution in [0.4, 0.5) is 4.39 Å². The van der Waals surface area contributed by atoms with E-state index in [1.54, 1.807) is 30.3 Å². The molecule has 0 spiro atoms. The Morgan fingerprint density at radius 2 is 1.89 bits per heavy atom. The van der Waals surface area contributed by atoms with Crippen LogP contribution in [0.15, 0.2) is 42.5 Å². The van der Waals surface area contributed by atoms with Crippen molar-refractivity contribution in [2.75, 3.05) is 39.5 Å². The average molecular weight is 427 g/mol. The highest BCUT2D eigenvalue weighted by Gasteiger charge is 2.23. The van der Waals surface area contributed by atoms with Crippen molar-refractivity contribution in [1.29, 1.82) is 0 Å². The summed E-state index contributed by atoms with van der Waals surface area (Å²) in [5.74, 6) is -0.218. The fraction of sp³-hybridized carbons (Fsp3) is 0.350. The predicted molar refractivity (Wildman–Crippen MR) is 106 cm³/mol. The highest BCUT2D eigenvalue weighted by atomic mass is 35.5. The van der Waals surface area contributed by atoms with Gasteiger partial charge in [-0.15, -0.1) is 0 Å². The molecule has 1 unspecified atom stereocenters. The molecule has 1 saturated heterocycles. The van der Waals surface area contributed by atoms with Crippen LogP contribution in [0.1, 0.15) is 11.6 Å². The van der Waals surface area contributed by atoms with Gasteiger partial charge in [-0.2, -0.15) is 0 Å². The quantitative estimate of drug-likeness (QED) is 0.732. The first kappa shape index (κ1) is 20.9. The Labute approximate surface area is 173 Å². The van der Waals surface area contributed by atoms with Gasteiger partial charge in [-0.3, -0.25) is 9.69 Å². The van der Waals surface area contributed by atoms with E-state index in [4.69, 9.17) is 32.7 Å². The van der Waals surface area contributed by atoms with Crippen LogP contribution in [-0.4, -0.2) is 50.3 Å². The molecule has 5 nitrogen and oxygen atoms in total. The molecule has 1 atom stereocenters. The van der Waals surface area contributed by atoms with E-state index in [-0.39, 0.29) is 24.4 Å². The number of carbonyl (C=O) groups is 1. The molecule has 1 heterocycles. The number of morpholine rings is 1. The highest BCUT2D eigenvalue weighted by Crippen LogP contribution is 2.27. The lowest BCUT2D eigenvalue weighted by atomic mass is 10.0. The first-order chi connectivity index (χ1) is 13.5. The molecule has 1 amide bonds. The first-order valence-corrected chi connectivity index (χ1v) is 9.70. The summed E-state index contributed by atoms with van der Waals surface area (Å²) in [5.41, 5.74) is 0.933. The van der Waals surface area contributed by atoms with Gasteiger partial charge in [0.2, 0.25) is 0 Å². The predicted octanol–water partition coefficient (Wildman–Crippen LogP) is 3.70. The minimum atomic E-state index is -0.291. The van der Waals surface area contributed by atoms with Crippen molar-refractivity contribution >= 4 is 29.1 Å². The second-order valence-electron chi connectivity index (χ2n) is 6.38. The van der Waals surface area contributed by atoms with Crippen LogP contribution in [-0.2, 0) is 9.53 Å². The number of nitrogens with zero attached hydrogens (tertiary/aromatic N) is 1. The second-order valence-corrected chi connectivity index (χ2v) is 7.23. The third-order valence-corrected chi connectivity index (χ3v) is 5.03. The summed E-state index contributed by atoms with van der Waals surface area (Å²) in [7, 11) is 0. The van der Waals surface area contributed by atoms with Crippen molar-refractivity contribution in [3.8, 4) is 5.75 Å². The molecule has 0 saturated carbocycles. The van der Waals surface area contributed by atoms with E-state index in [0.29, 0.717) is 35.6 Å². The molecular weight excluding hydrogens is 406 g/mol. The minimum Gasteiger partial charge on any atom is -0.482 e. The molecule has 1 aliphatic rings. The van der Waals surface area contributed by atoms with Crippen LogP contribution in [0, 0.1) is 5.82 Å². The van der Waals surface area contributed by atoms with Gasteiger partial charge >= 0.3 is 0 Å². The summed E-state index contributed by atoms with van der Waals surface area (Å²) in [6.45, 7) is 2.93. The Kier molecular flexibility index (Phi) is 7.50. The van der Waals surface area contributed by atoms with Crippen LogP contribution in [0.25, 0.3) is 0 Å². The van der Waals surface area contributed by atoms with Gasteiger partial charge in [-0.05, 0) is 29.8 Å². The average Bonchev–Trinajstić information content (AvgIpc) is 2.71. The van der Waals surface area contributed by atoms with Crippen LogP contribution in [0.2, 0.25) is 10.0 Å². The smallest absolute Gasteiger partial charge is 0.258 e. The Hall–Kier alpha value is -1.86. The van der Waals surface area contributed by atoms with Crippen molar-refractivity contribution < 1.29 is 18.7 Å². The van der Waals surface area contributed by atoms with Gasteiger partial charge in [0.25, 0.3) is 5.91 Å². The van der Waals surface area contributed by atoms with Crippen LogP contribution < -0.4 is 10.1 Å². The lowest BCUT2D eigenvalue weighted by Crippen LogP contribution is -2.44. The number of carbonyl (C=O) groups excluding carboxylic acids is 1. The number of ether oxygens (including phenoxy) is 2. The van der Waals surface area contributed by atoms with Crippen LogP contribution >= 0.6 is 23.2 Å². The van der Waals surface area contributed by atoms with Gasteiger partial charge < -0.3 is 14.8 Å². The minimum absolute atomic E-state index is 0.0804. The topological polar surface area (TPSA) is 50.8 Å². The van der Waals surface area contributed by atoms with Crippen molar-refractivity contribution in [1.82, 2.24) is 10.2 Å². The van der Waals surface area contributed by atoms with Gasteiger partial charge in [0.1, 0.15) is 11.6 Å². The SMILES string of the molecule is O=C(COc1cc(Cl)ccc1Cl)NCC(c1ccc(F)cc1)N1CCOCC1. The maximum atomic E-state index is 13.3. The fourth-order valence-corrected chi connectivity index (χ4v) is 3.36. The highest BCUT2D eigenvalue weighted by molar-refractivity contribution is 6.34. The number of hydrogen-bond acceptors (Lipinski definition) is 4. The molecule has 8 heteroatoms. The molecule has 28 heavy (non-hydrogen) atoms. The zero-order chi connectivity index (χ0) is 19.9. The maximum Gasteiger partial charge on any atom is 0.258 e. The molecule has 0 aliphatic carbocycles. The van der Waals surface area contributed by atoms with E-state index < -0.39 is 0 Å². The van der Waals surface area contributed by atoms with E-state index >= 15 is 0 Å². The van der Waals surface area contributed by atoms with E-state index in [1.165, 1.54) is 12.1 Å². The number of hydrogen-bond donors (Lipinski definition) is 1. The summed E-state index contributed by atoms with van der Waals surface area (Å²) < 4.78 is 24.2. The number of benzene rings is 2. The molecule has 1 fully saturated rings. The Balaban J connectivity index is 1.59. The molecule has 0 radical (unpaired) electrons. The first-order valence-electron chi connectivity index (χ1n) is 8.95. The largest absolute Gasteiger partial charge is 0.482 e. The molecule has 0 aromatic heterocycles. The Morgan fingerprint density at radius 3 is 2.61 bits per heavy atom. The summed E-state index contributed by atoms with van der Waals surface area (Å²) in [5, 5.41) is 3.74. The molecule has 150 valence electrons. The third-order valence-electron chi connectivity index (χ3n) is 4.49. The van der Waals surface area contributed by atoms with Gasteiger partial charge in [-0.1, -0.05) is 35.3 Å². The molecule has 0 bridgehead atoms. The Morgan fingerprint density at radius 1 is 1.18 bits per heavy atom. The van der Waals surface area contributed by atoms with Gasteiger partial charge in [-0.25, -0.2) is 4.39 Å². The van der Waals surface area contributed by atoms with E-state index in [9.17, 15) is 9.18 Å². The molecule has 2 aromatic rings. The van der Waals surface area contributed by atoms with E-state index in [2.05, 4.69) is 10.2 Å². The lowest BCUT2D eigenvalue weighted by molar-refractivity contribution is -0.123. The monoisotopic (exact) mass is 426 g/mol.